The highest BCUT2D eigenvalue weighted by Crippen LogP contribution is 2.24. The van der Waals surface area contributed by atoms with E-state index in [0.29, 0.717) is 11.6 Å². The molecular weight excluding hydrogens is 382 g/mol. The number of benzene rings is 3. The molecule has 3 nitrogen and oxygen atoms in total. The summed E-state index contributed by atoms with van der Waals surface area (Å²) in [6.07, 6.45) is 1.93. The topological polar surface area (TPSA) is 29.5 Å². The summed E-state index contributed by atoms with van der Waals surface area (Å²) < 4.78 is 4.76. The number of aryl methyl sites for hydroxylation is 1. The lowest BCUT2D eigenvalue weighted by atomic mass is 10.0. The van der Waals surface area contributed by atoms with Gasteiger partial charge in [0.25, 0.3) is 0 Å². The Morgan fingerprint density at radius 3 is 2.21 bits per heavy atom. The van der Waals surface area contributed by atoms with Gasteiger partial charge in [-0.3, -0.25) is 0 Å². The van der Waals surface area contributed by atoms with Crippen molar-refractivity contribution in [1.82, 2.24) is 0 Å². The first kappa shape index (κ1) is 20.9. The predicted molar refractivity (Wildman–Crippen MR) is 120 cm³/mol. The molecule has 0 saturated heterocycles. The molecule has 0 saturated carbocycles. The maximum Gasteiger partial charge on any atom is 0.337 e. The highest BCUT2D eigenvalue weighted by molar-refractivity contribution is 6.30. The zero-order valence-electron chi connectivity index (χ0n) is 16.8. The fraction of sp³-hybridized carbons (Fsp3) is 0.240. The van der Waals surface area contributed by atoms with Crippen molar-refractivity contribution in [3.05, 3.63) is 101 Å². The number of esters is 1. The number of hydrogen-bond donors (Lipinski definition) is 0. The van der Waals surface area contributed by atoms with Crippen LogP contribution in [-0.4, -0.2) is 19.1 Å². The Labute approximate surface area is 177 Å². The van der Waals surface area contributed by atoms with Crippen molar-refractivity contribution in [2.45, 2.75) is 32.4 Å². The molecule has 150 valence electrons. The van der Waals surface area contributed by atoms with Crippen molar-refractivity contribution in [1.29, 1.82) is 0 Å². The molecule has 0 fully saturated rings. The third-order valence-electron chi connectivity index (χ3n) is 5.11. The van der Waals surface area contributed by atoms with Gasteiger partial charge in [0.1, 0.15) is 0 Å². The minimum Gasteiger partial charge on any atom is -0.465 e. The molecule has 3 rings (SSSR count). The Morgan fingerprint density at radius 1 is 0.931 bits per heavy atom. The van der Waals surface area contributed by atoms with E-state index in [9.17, 15) is 4.79 Å². The van der Waals surface area contributed by atoms with E-state index in [-0.39, 0.29) is 5.97 Å². The summed E-state index contributed by atoms with van der Waals surface area (Å²) in [6, 6.07) is 26.5. The second-order valence-electron chi connectivity index (χ2n) is 7.17. The predicted octanol–water partition coefficient (Wildman–Crippen LogP) is 6.15. The second kappa shape index (κ2) is 10.1. The lowest BCUT2D eigenvalue weighted by Gasteiger charge is -2.32. The number of carbonyl (C=O) groups excluding carboxylic acids is 1. The van der Waals surface area contributed by atoms with Gasteiger partial charge in [0, 0.05) is 23.3 Å². The Hall–Kier alpha value is -2.78. The van der Waals surface area contributed by atoms with E-state index in [1.54, 1.807) is 0 Å². The highest BCUT2D eigenvalue weighted by Gasteiger charge is 2.16. The van der Waals surface area contributed by atoms with Crippen molar-refractivity contribution in [3.63, 3.8) is 0 Å². The third kappa shape index (κ3) is 5.85. The van der Waals surface area contributed by atoms with Crippen LogP contribution >= 0.6 is 11.6 Å². The molecule has 29 heavy (non-hydrogen) atoms. The summed E-state index contributed by atoms with van der Waals surface area (Å²) in [6.45, 7) is 3.09. The molecular formula is C25H26ClNO2. The van der Waals surface area contributed by atoms with Crippen LogP contribution < -0.4 is 4.90 Å². The zero-order valence-corrected chi connectivity index (χ0v) is 17.6. The lowest BCUT2D eigenvalue weighted by Crippen LogP contribution is -2.33. The first-order valence-corrected chi connectivity index (χ1v) is 10.2. The number of halogens is 1. The summed E-state index contributed by atoms with van der Waals surface area (Å²) in [7, 11) is 1.40. The second-order valence-corrected chi connectivity index (χ2v) is 7.60. The fourth-order valence-electron chi connectivity index (χ4n) is 3.37. The molecule has 0 radical (unpaired) electrons. The van der Waals surface area contributed by atoms with E-state index >= 15 is 0 Å². The van der Waals surface area contributed by atoms with Crippen LogP contribution in [0, 0.1) is 0 Å². The standard InChI is InChI=1S/C25H26ClNO2/c1-19(8-9-20-10-12-22(13-11-20)25(28)29-2)27(18-21-6-4-3-5-7-21)24-16-14-23(26)15-17-24/h3-7,10-17,19H,8-9,18H2,1-2H3. The quantitative estimate of drug-likeness (QED) is 0.419. The van der Waals surface area contributed by atoms with Gasteiger partial charge in [-0.15, -0.1) is 0 Å². The summed E-state index contributed by atoms with van der Waals surface area (Å²) in [4.78, 5) is 14.0. The fourth-order valence-corrected chi connectivity index (χ4v) is 3.50. The number of anilines is 1. The van der Waals surface area contributed by atoms with Gasteiger partial charge in [0.15, 0.2) is 0 Å². The molecule has 0 aromatic heterocycles. The molecule has 0 spiro atoms. The number of hydrogen-bond acceptors (Lipinski definition) is 3. The maximum absolute atomic E-state index is 11.6. The molecule has 0 aliphatic carbocycles. The molecule has 1 atom stereocenters. The van der Waals surface area contributed by atoms with E-state index in [1.807, 2.05) is 42.5 Å². The number of ether oxygens (including phenoxy) is 1. The molecule has 3 aromatic rings. The Bertz CT molecular complexity index is 908. The Kier molecular flexibility index (Phi) is 7.31. The molecule has 0 aliphatic rings. The van der Waals surface area contributed by atoms with Crippen molar-refractivity contribution < 1.29 is 9.53 Å². The molecule has 0 N–H and O–H groups in total. The van der Waals surface area contributed by atoms with Crippen LogP contribution in [0.5, 0.6) is 0 Å². The summed E-state index contributed by atoms with van der Waals surface area (Å²) in [5.41, 5.74) is 4.22. The van der Waals surface area contributed by atoms with Gasteiger partial charge in [-0.05, 0) is 67.3 Å². The first-order valence-electron chi connectivity index (χ1n) is 9.80. The van der Waals surface area contributed by atoms with Gasteiger partial charge in [0.2, 0.25) is 0 Å². The van der Waals surface area contributed by atoms with E-state index < -0.39 is 0 Å². The van der Waals surface area contributed by atoms with Gasteiger partial charge in [-0.2, -0.15) is 0 Å². The van der Waals surface area contributed by atoms with Crippen LogP contribution in [0.15, 0.2) is 78.9 Å². The molecule has 0 aliphatic heterocycles. The van der Waals surface area contributed by atoms with Crippen LogP contribution in [-0.2, 0) is 17.7 Å². The van der Waals surface area contributed by atoms with Gasteiger partial charge in [0.05, 0.1) is 12.7 Å². The Balaban J connectivity index is 1.71. The lowest BCUT2D eigenvalue weighted by molar-refractivity contribution is 0.0600. The minimum atomic E-state index is -0.304. The molecule has 1 unspecified atom stereocenters. The number of rotatable bonds is 8. The normalized spacial score (nSPS) is 11.7. The average molecular weight is 408 g/mol. The third-order valence-corrected chi connectivity index (χ3v) is 5.36. The average Bonchev–Trinajstić information content (AvgIpc) is 2.77. The highest BCUT2D eigenvalue weighted by atomic mass is 35.5. The molecule has 4 heteroatoms. The van der Waals surface area contributed by atoms with Gasteiger partial charge < -0.3 is 9.64 Å². The first-order chi connectivity index (χ1) is 14.1. The van der Waals surface area contributed by atoms with Crippen LogP contribution in [0.3, 0.4) is 0 Å². The van der Waals surface area contributed by atoms with Crippen molar-refractivity contribution >= 4 is 23.3 Å². The van der Waals surface area contributed by atoms with Crippen LogP contribution in [0.25, 0.3) is 0 Å². The van der Waals surface area contributed by atoms with E-state index in [4.69, 9.17) is 16.3 Å². The summed E-state index contributed by atoms with van der Waals surface area (Å²) in [5, 5.41) is 0.742. The maximum atomic E-state index is 11.6. The largest absolute Gasteiger partial charge is 0.465 e. The van der Waals surface area contributed by atoms with Gasteiger partial charge in [-0.1, -0.05) is 54.1 Å². The van der Waals surface area contributed by atoms with Crippen LogP contribution in [0.2, 0.25) is 5.02 Å². The molecule has 0 amide bonds. The van der Waals surface area contributed by atoms with Gasteiger partial charge >= 0.3 is 5.97 Å². The van der Waals surface area contributed by atoms with Crippen molar-refractivity contribution in [2.24, 2.45) is 0 Å². The van der Waals surface area contributed by atoms with Gasteiger partial charge in [-0.25, -0.2) is 4.79 Å². The smallest absolute Gasteiger partial charge is 0.337 e. The summed E-state index contributed by atoms with van der Waals surface area (Å²) >= 11 is 6.09. The van der Waals surface area contributed by atoms with E-state index in [1.165, 1.54) is 18.2 Å². The molecule has 3 aromatic carbocycles. The van der Waals surface area contributed by atoms with Crippen molar-refractivity contribution in [2.75, 3.05) is 12.0 Å². The van der Waals surface area contributed by atoms with E-state index in [0.717, 1.165) is 30.1 Å². The minimum absolute atomic E-state index is 0.304. The monoisotopic (exact) mass is 407 g/mol. The summed E-state index contributed by atoms with van der Waals surface area (Å²) in [5.74, 6) is -0.304. The number of carbonyl (C=O) groups is 1. The SMILES string of the molecule is COC(=O)c1ccc(CCC(C)N(Cc2ccccc2)c2ccc(Cl)cc2)cc1. The molecule has 0 bridgehead atoms. The van der Waals surface area contributed by atoms with E-state index in [2.05, 4.69) is 48.2 Å². The molecule has 0 heterocycles. The number of nitrogens with zero attached hydrogens (tertiary/aromatic N) is 1. The van der Waals surface area contributed by atoms with Crippen LogP contribution in [0.1, 0.15) is 34.8 Å². The van der Waals surface area contributed by atoms with Crippen molar-refractivity contribution in [3.8, 4) is 0 Å². The zero-order chi connectivity index (χ0) is 20.6. The van der Waals surface area contributed by atoms with Crippen LogP contribution in [0.4, 0.5) is 5.69 Å². The Morgan fingerprint density at radius 2 is 1.59 bits per heavy atom. The number of methoxy groups -OCH3 is 1.